The molecule has 0 saturated carbocycles. The van der Waals surface area contributed by atoms with Crippen LogP contribution in [0.4, 0.5) is 4.39 Å². The van der Waals surface area contributed by atoms with E-state index in [1.165, 1.54) is 12.1 Å². The summed E-state index contributed by atoms with van der Waals surface area (Å²) in [6, 6.07) is 11.3. The topological polar surface area (TPSA) is 85.5 Å². The molecule has 0 saturated heterocycles. The first kappa shape index (κ1) is 21.0. The van der Waals surface area contributed by atoms with E-state index in [9.17, 15) is 17.6 Å². The molecule has 0 radical (unpaired) electrons. The number of aromatic nitrogens is 1. The highest BCUT2D eigenvalue weighted by molar-refractivity contribution is 7.85. The van der Waals surface area contributed by atoms with Gasteiger partial charge in [0, 0.05) is 16.6 Å². The van der Waals surface area contributed by atoms with Crippen LogP contribution < -0.4 is 0 Å². The van der Waals surface area contributed by atoms with Crippen molar-refractivity contribution in [2.24, 2.45) is 0 Å². The largest absolute Gasteiger partial charge is 0.454 e. The molecule has 0 aliphatic heterocycles. The van der Waals surface area contributed by atoms with Gasteiger partial charge in [-0.1, -0.05) is 18.2 Å². The fourth-order valence-electron chi connectivity index (χ4n) is 3.12. The van der Waals surface area contributed by atoms with E-state index < -0.39 is 22.2 Å². The van der Waals surface area contributed by atoms with Crippen LogP contribution in [0.1, 0.15) is 40.2 Å². The Labute approximate surface area is 168 Å². The van der Waals surface area contributed by atoms with E-state index in [0.29, 0.717) is 28.6 Å². The number of carbonyl (C=O) groups is 1. The monoisotopic (exact) mass is 419 g/mol. The van der Waals surface area contributed by atoms with Crippen molar-refractivity contribution < 1.29 is 26.5 Å². The third-order valence-electron chi connectivity index (χ3n) is 4.57. The van der Waals surface area contributed by atoms with Gasteiger partial charge in [-0.25, -0.2) is 9.18 Å². The molecule has 0 aliphatic carbocycles. The fraction of sp³-hybridized carbons (Fsp3) is 0.286. The molecule has 154 valence electrons. The smallest absolute Gasteiger partial charge is 0.341 e. The van der Waals surface area contributed by atoms with Crippen molar-refractivity contribution in [3.05, 3.63) is 70.7 Å². The lowest BCUT2D eigenvalue weighted by atomic mass is 10.1. The minimum Gasteiger partial charge on any atom is -0.454 e. The molecule has 0 fully saturated rings. The van der Waals surface area contributed by atoms with E-state index >= 15 is 0 Å². The van der Waals surface area contributed by atoms with Gasteiger partial charge in [-0.15, -0.1) is 0 Å². The number of fused-ring (bicyclic) bond motifs is 1. The van der Waals surface area contributed by atoms with Gasteiger partial charge in [-0.05, 0) is 55.7 Å². The van der Waals surface area contributed by atoms with Crippen LogP contribution >= 0.6 is 0 Å². The molecule has 0 amide bonds. The number of benzene rings is 2. The lowest BCUT2D eigenvalue weighted by molar-refractivity contribution is 0.0339. The lowest BCUT2D eigenvalue weighted by Crippen LogP contribution is -2.10. The van der Waals surface area contributed by atoms with Gasteiger partial charge in [0.05, 0.1) is 18.4 Å². The van der Waals surface area contributed by atoms with Crippen LogP contribution in [0.2, 0.25) is 0 Å². The van der Waals surface area contributed by atoms with Crippen LogP contribution in [-0.2, 0) is 25.5 Å². The van der Waals surface area contributed by atoms with Gasteiger partial charge in [0.2, 0.25) is 0 Å². The summed E-state index contributed by atoms with van der Waals surface area (Å²) in [7, 11) is -3.50. The summed E-state index contributed by atoms with van der Waals surface area (Å²) < 4.78 is 45.7. The first-order chi connectivity index (χ1) is 13.6. The standard InChI is InChI=1S/C21H22FNO5S/c1-13-20(21(24)28-14(2)16-5-7-17(22)8-6-16)18-12-15(4-9-19(18)23-13)10-11-27-29(3,25)26/h4-9,12,14,23H,10-11H2,1-3H3. The molecule has 6 nitrogen and oxygen atoms in total. The van der Waals surface area contributed by atoms with Crippen LogP contribution in [0.15, 0.2) is 42.5 Å². The van der Waals surface area contributed by atoms with E-state index in [4.69, 9.17) is 8.92 Å². The second kappa shape index (κ2) is 8.34. The number of H-pyrrole nitrogens is 1. The van der Waals surface area contributed by atoms with Crippen molar-refractivity contribution in [2.75, 3.05) is 12.9 Å². The average Bonchev–Trinajstić information content (AvgIpc) is 2.96. The SMILES string of the molecule is Cc1[nH]c2ccc(CCOS(C)(=O)=O)cc2c1C(=O)OC(C)c1ccc(F)cc1. The Kier molecular flexibility index (Phi) is 6.04. The maximum atomic E-state index is 13.1. The number of aromatic amines is 1. The molecule has 1 heterocycles. The molecular formula is C21H22FNO5S. The third-order valence-corrected chi connectivity index (χ3v) is 5.16. The summed E-state index contributed by atoms with van der Waals surface area (Å²) in [5.41, 5.74) is 3.38. The molecule has 8 heteroatoms. The van der Waals surface area contributed by atoms with Gasteiger partial charge in [-0.2, -0.15) is 8.42 Å². The summed E-state index contributed by atoms with van der Waals surface area (Å²) in [5, 5.41) is 0.690. The summed E-state index contributed by atoms with van der Waals surface area (Å²) in [5.74, 6) is -0.845. The van der Waals surface area contributed by atoms with Gasteiger partial charge in [0.15, 0.2) is 0 Å². The quantitative estimate of drug-likeness (QED) is 0.461. The molecule has 29 heavy (non-hydrogen) atoms. The number of rotatable bonds is 7. The Balaban J connectivity index is 1.81. The molecule has 1 atom stereocenters. The second-order valence-electron chi connectivity index (χ2n) is 6.88. The second-order valence-corrected chi connectivity index (χ2v) is 8.52. The molecule has 2 aromatic carbocycles. The van der Waals surface area contributed by atoms with Gasteiger partial charge in [0.1, 0.15) is 11.9 Å². The molecule has 0 spiro atoms. The minimum atomic E-state index is -3.50. The minimum absolute atomic E-state index is 0.0229. The number of nitrogens with one attached hydrogen (secondary N) is 1. The number of hydrogen-bond donors (Lipinski definition) is 1. The molecule has 0 bridgehead atoms. The Hall–Kier alpha value is -2.71. The van der Waals surface area contributed by atoms with Gasteiger partial charge >= 0.3 is 5.97 Å². The zero-order valence-electron chi connectivity index (χ0n) is 16.4. The number of hydrogen-bond acceptors (Lipinski definition) is 5. The van der Waals surface area contributed by atoms with E-state index in [1.807, 2.05) is 18.2 Å². The number of carbonyl (C=O) groups excluding carboxylic acids is 1. The fourth-order valence-corrected chi connectivity index (χ4v) is 3.51. The van der Waals surface area contributed by atoms with Crippen LogP contribution in [0, 0.1) is 12.7 Å². The van der Waals surface area contributed by atoms with E-state index in [2.05, 4.69) is 4.98 Å². The molecule has 1 N–H and O–H groups in total. The highest BCUT2D eigenvalue weighted by Gasteiger charge is 2.21. The summed E-state index contributed by atoms with van der Waals surface area (Å²) in [6.45, 7) is 3.53. The first-order valence-corrected chi connectivity index (χ1v) is 10.9. The van der Waals surface area contributed by atoms with Gasteiger partial charge in [-0.3, -0.25) is 4.18 Å². The average molecular weight is 419 g/mol. The summed E-state index contributed by atoms with van der Waals surface area (Å²) in [6.07, 6.45) is 0.842. The van der Waals surface area contributed by atoms with E-state index in [-0.39, 0.29) is 12.4 Å². The van der Waals surface area contributed by atoms with Gasteiger partial charge in [0.25, 0.3) is 10.1 Å². The normalized spacial score (nSPS) is 12.8. The van der Waals surface area contributed by atoms with Crippen molar-refractivity contribution >= 4 is 27.0 Å². The number of esters is 1. The number of aryl methyl sites for hydroxylation is 1. The molecule has 1 aromatic heterocycles. The predicted octanol–water partition coefficient (Wildman–Crippen LogP) is 4.05. The Morgan fingerprint density at radius 2 is 1.86 bits per heavy atom. The Morgan fingerprint density at radius 1 is 1.17 bits per heavy atom. The molecule has 1 unspecified atom stereocenters. The van der Waals surface area contributed by atoms with Crippen molar-refractivity contribution in [3.8, 4) is 0 Å². The maximum absolute atomic E-state index is 13.1. The third kappa shape index (κ3) is 5.21. The van der Waals surface area contributed by atoms with Crippen LogP contribution in [0.5, 0.6) is 0 Å². The highest BCUT2D eigenvalue weighted by Crippen LogP contribution is 2.27. The number of halogens is 1. The first-order valence-electron chi connectivity index (χ1n) is 9.06. The van der Waals surface area contributed by atoms with E-state index in [1.54, 1.807) is 26.0 Å². The molecular weight excluding hydrogens is 397 g/mol. The van der Waals surface area contributed by atoms with Crippen LogP contribution in [0.25, 0.3) is 10.9 Å². The summed E-state index contributed by atoms with van der Waals surface area (Å²) in [4.78, 5) is 16.0. The van der Waals surface area contributed by atoms with Crippen molar-refractivity contribution in [2.45, 2.75) is 26.4 Å². The Bertz CT molecular complexity index is 1140. The molecule has 3 aromatic rings. The zero-order chi connectivity index (χ0) is 21.2. The lowest BCUT2D eigenvalue weighted by Gasteiger charge is -2.14. The van der Waals surface area contributed by atoms with Crippen molar-refractivity contribution in [3.63, 3.8) is 0 Å². The number of ether oxygens (including phenoxy) is 1. The zero-order valence-corrected chi connectivity index (χ0v) is 17.2. The molecule has 0 aliphatic rings. The maximum Gasteiger partial charge on any atom is 0.341 e. The Morgan fingerprint density at radius 3 is 2.52 bits per heavy atom. The van der Waals surface area contributed by atoms with Gasteiger partial charge < -0.3 is 9.72 Å². The van der Waals surface area contributed by atoms with Crippen molar-refractivity contribution in [1.29, 1.82) is 0 Å². The van der Waals surface area contributed by atoms with E-state index in [0.717, 1.165) is 17.3 Å². The van der Waals surface area contributed by atoms with Crippen LogP contribution in [0.3, 0.4) is 0 Å². The van der Waals surface area contributed by atoms with Crippen molar-refractivity contribution in [1.82, 2.24) is 4.98 Å². The van der Waals surface area contributed by atoms with Crippen LogP contribution in [-0.4, -0.2) is 32.2 Å². The predicted molar refractivity (Wildman–Crippen MR) is 108 cm³/mol. The molecule has 3 rings (SSSR count). The summed E-state index contributed by atoms with van der Waals surface area (Å²) >= 11 is 0. The highest BCUT2D eigenvalue weighted by atomic mass is 32.2.